The van der Waals surface area contributed by atoms with Crippen molar-refractivity contribution in [3.63, 3.8) is 0 Å². The third kappa shape index (κ3) is 2.75. The molecule has 0 radical (unpaired) electrons. The molecule has 148 valence electrons. The van der Waals surface area contributed by atoms with Crippen LogP contribution < -0.4 is 0 Å². The topological polar surface area (TPSA) is 20.2 Å². The summed E-state index contributed by atoms with van der Waals surface area (Å²) in [5.74, 6) is 4.59. The van der Waals surface area contributed by atoms with Crippen molar-refractivity contribution in [3.8, 4) is 0 Å². The first kappa shape index (κ1) is 19.0. The van der Waals surface area contributed by atoms with Crippen LogP contribution in [0.2, 0.25) is 0 Å². The van der Waals surface area contributed by atoms with Crippen LogP contribution in [-0.4, -0.2) is 10.7 Å². The average Bonchev–Trinajstić information content (AvgIpc) is 2.93. The summed E-state index contributed by atoms with van der Waals surface area (Å²) in [7, 11) is 0. The van der Waals surface area contributed by atoms with E-state index in [1.165, 1.54) is 51.4 Å². The molecule has 1 nitrogen and oxygen atoms in total. The molecule has 0 aliphatic heterocycles. The number of fused-ring (bicyclic) bond motifs is 5. The van der Waals surface area contributed by atoms with Gasteiger partial charge in [0, 0.05) is 0 Å². The zero-order chi connectivity index (χ0) is 18.7. The molecule has 4 aliphatic carbocycles. The summed E-state index contributed by atoms with van der Waals surface area (Å²) in [4.78, 5) is 0. The Morgan fingerprint density at radius 1 is 1.08 bits per heavy atom. The molecule has 0 unspecified atom stereocenters. The standard InChI is InChI=1S/C25H42O/c1-6-7-17(2)20-10-11-21-19-9-8-18-16-23(3,26)14-15-24(18,4)22(19)12-13-25(20,21)5/h8,17,19-22,26H,6-7,9-16H2,1-5H3/t17-,19+,20-,21+,22+,23+,24+,25-/m1/s1. The summed E-state index contributed by atoms with van der Waals surface area (Å²) in [5, 5.41) is 10.6. The highest BCUT2D eigenvalue weighted by atomic mass is 16.3. The summed E-state index contributed by atoms with van der Waals surface area (Å²) in [6.45, 7) is 12.2. The van der Waals surface area contributed by atoms with Crippen molar-refractivity contribution < 1.29 is 5.11 Å². The van der Waals surface area contributed by atoms with Crippen molar-refractivity contribution in [1.29, 1.82) is 0 Å². The Labute approximate surface area is 162 Å². The number of aliphatic hydroxyl groups is 1. The van der Waals surface area contributed by atoms with Crippen LogP contribution in [0.1, 0.15) is 98.8 Å². The molecule has 1 N–H and O–H groups in total. The highest BCUT2D eigenvalue weighted by Gasteiger charge is 2.59. The molecule has 0 heterocycles. The van der Waals surface area contributed by atoms with E-state index in [1.54, 1.807) is 5.57 Å². The lowest BCUT2D eigenvalue weighted by atomic mass is 9.46. The van der Waals surface area contributed by atoms with E-state index >= 15 is 0 Å². The molecule has 1 heteroatoms. The van der Waals surface area contributed by atoms with Crippen LogP contribution in [0.5, 0.6) is 0 Å². The van der Waals surface area contributed by atoms with Gasteiger partial charge in [-0.1, -0.05) is 52.2 Å². The Hall–Kier alpha value is -0.300. The molecule has 0 spiro atoms. The van der Waals surface area contributed by atoms with Gasteiger partial charge in [-0.3, -0.25) is 0 Å². The van der Waals surface area contributed by atoms with Gasteiger partial charge in [-0.25, -0.2) is 0 Å². The lowest BCUT2D eigenvalue weighted by Crippen LogP contribution is -2.52. The van der Waals surface area contributed by atoms with E-state index in [9.17, 15) is 5.11 Å². The zero-order valence-electron chi connectivity index (χ0n) is 18.0. The predicted octanol–water partition coefficient (Wildman–Crippen LogP) is 6.75. The minimum absolute atomic E-state index is 0.375. The van der Waals surface area contributed by atoms with Crippen LogP contribution in [0, 0.1) is 40.4 Å². The largest absolute Gasteiger partial charge is 0.390 e. The Kier molecular flexibility index (Phi) is 4.66. The number of allylic oxidation sites excluding steroid dienone is 1. The van der Waals surface area contributed by atoms with E-state index in [4.69, 9.17) is 0 Å². The highest BCUT2D eigenvalue weighted by Crippen LogP contribution is 2.67. The fourth-order valence-corrected chi connectivity index (χ4v) is 8.44. The second kappa shape index (κ2) is 6.36. The smallest absolute Gasteiger partial charge is 0.0657 e. The summed E-state index contributed by atoms with van der Waals surface area (Å²) in [6.07, 6.45) is 15.6. The van der Waals surface area contributed by atoms with E-state index in [0.717, 1.165) is 42.4 Å². The third-order valence-corrected chi connectivity index (χ3v) is 9.88. The first-order valence-corrected chi connectivity index (χ1v) is 11.6. The molecule has 26 heavy (non-hydrogen) atoms. The van der Waals surface area contributed by atoms with Crippen LogP contribution in [0.25, 0.3) is 0 Å². The van der Waals surface area contributed by atoms with Crippen LogP contribution in [0.15, 0.2) is 11.6 Å². The second-order valence-corrected chi connectivity index (χ2v) is 11.4. The zero-order valence-corrected chi connectivity index (χ0v) is 18.0. The second-order valence-electron chi connectivity index (χ2n) is 11.4. The van der Waals surface area contributed by atoms with E-state index in [1.807, 2.05) is 6.92 Å². The maximum Gasteiger partial charge on any atom is 0.0657 e. The van der Waals surface area contributed by atoms with Gasteiger partial charge in [-0.05, 0) is 98.7 Å². The van der Waals surface area contributed by atoms with Crippen molar-refractivity contribution in [2.45, 2.75) is 104 Å². The Morgan fingerprint density at radius 3 is 2.58 bits per heavy atom. The summed E-state index contributed by atoms with van der Waals surface area (Å²) in [6, 6.07) is 0. The molecular formula is C25H42O. The number of hydrogen-bond acceptors (Lipinski definition) is 1. The molecule has 0 amide bonds. The van der Waals surface area contributed by atoms with Crippen molar-refractivity contribution in [3.05, 3.63) is 11.6 Å². The molecule has 8 atom stereocenters. The predicted molar refractivity (Wildman–Crippen MR) is 110 cm³/mol. The Morgan fingerprint density at radius 2 is 1.85 bits per heavy atom. The van der Waals surface area contributed by atoms with Crippen LogP contribution in [0.3, 0.4) is 0 Å². The highest BCUT2D eigenvalue weighted by molar-refractivity contribution is 5.26. The molecule has 0 aromatic heterocycles. The first-order valence-electron chi connectivity index (χ1n) is 11.6. The van der Waals surface area contributed by atoms with Crippen molar-refractivity contribution >= 4 is 0 Å². The lowest BCUT2D eigenvalue weighted by molar-refractivity contribution is -0.0705. The van der Waals surface area contributed by atoms with Gasteiger partial charge in [0.25, 0.3) is 0 Å². The monoisotopic (exact) mass is 358 g/mol. The van der Waals surface area contributed by atoms with Gasteiger partial charge in [-0.15, -0.1) is 0 Å². The fourth-order valence-electron chi connectivity index (χ4n) is 8.44. The van der Waals surface area contributed by atoms with E-state index in [0.29, 0.717) is 10.8 Å². The molecular weight excluding hydrogens is 316 g/mol. The van der Waals surface area contributed by atoms with E-state index in [2.05, 4.69) is 33.8 Å². The Balaban J connectivity index is 1.60. The van der Waals surface area contributed by atoms with Crippen molar-refractivity contribution in [2.24, 2.45) is 40.4 Å². The van der Waals surface area contributed by atoms with Gasteiger partial charge in [0.15, 0.2) is 0 Å². The quantitative estimate of drug-likeness (QED) is 0.553. The first-order chi connectivity index (χ1) is 12.2. The average molecular weight is 359 g/mol. The Bertz CT molecular complexity index is 575. The maximum absolute atomic E-state index is 10.6. The molecule has 0 saturated heterocycles. The minimum Gasteiger partial charge on any atom is -0.390 e. The van der Waals surface area contributed by atoms with Gasteiger partial charge in [0.05, 0.1) is 5.60 Å². The van der Waals surface area contributed by atoms with Gasteiger partial charge in [0.2, 0.25) is 0 Å². The third-order valence-electron chi connectivity index (χ3n) is 9.88. The summed E-state index contributed by atoms with van der Waals surface area (Å²) >= 11 is 0. The molecule has 0 aromatic carbocycles. The van der Waals surface area contributed by atoms with Gasteiger partial charge in [0.1, 0.15) is 0 Å². The SMILES string of the molecule is CCC[C@@H](C)[C@H]1CC[C@H]2[C@@H]3CC=C4C[C@@](C)(O)CC[C@]4(C)[C@H]3CC[C@]12C. The normalized spacial score (nSPS) is 51.8. The van der Waals surface area contributed by atoms with Crippen LogP contribution in [-0.2, 0) is 0 Å². The number of rotatable bonds is 3. The molecule has 3 fully saturated rings. The van der Waals surface area contributed by atoms with Gasteiger partial charge in [-0.2, -0.15) is 0 Å². The lowest BCUT2D eigenvalue weighted by Gasteiger charge is -2.59. The fraction of sp³-hybridized carbons (Fsp3) is 0.920. The molecule has 4 aliphatic rings. The molecule has 0 aromatic rings. The van der Waals surface area contributed by atoms with Crippen LogP contribution in [0.4, 0.5) is 0 Å². The minimum atomic E-state index is -0.463. The number of hydrogen-bond donors (Lipinski definition) is 1. The molecule has 4 rings (SSSR count). The molecule has 3 saturated carbocycles. The maximum atomic E-state index is 10.6. The van der Waals surface area contributed by atoms with Gasteiger partial charge >= 0.3 is 0 Å². The molecule has 0 bridgehead atoms. The summed E-state index contributed by atoms with van der Waals surface area (Å²) < 4.78 is 0. The van der Waals surface area contributed by atoms with E-state index < -0.39 is 5.60 Å². The van der Waals surface area contributed by atoms with Gasteiger partial charge < -0.3 is 5.11 Å². The summed E-state index contributed by atoms with van der Waals surface area (Å²) in [5.41, 5.74) is 2.11. The van der Waals surface area contributed by atoms with E-state index in [-0.39, 0.29) is 0 Å². The van der Waals surface area contributed by atoms with Crippen molar-refractivity contribution in [2.75, 3.05) is 0 Å². The van der Waals surface area contributed by atoms with Crippen LogP contribution >= 0.6 is 0 Å². The van der Waals surface area contributed by atoms with Crippen molar-refractivity contribution in [1.82, 2.24) is 0 Å².